The van der Waals surface area contributed by atoms with Crippen LogP contribution in [0.2, 0.25) is 0 Å². The van der Waals surface area contributed by atoms with Crippen LogP contribution >= 0.6 is 0 Å². The Balaban J connectivity index is 1.96. The van der Waals surface area contributed by atoms with Gasteiger partial charge in [-0.15, -0.1) is 0 Å². The van der Waals surface area contributed by atoms with Crippen molar-refractivity contribution in [1.29, 1.82) is 0 Å². The number of anilines is 1. The summed E-state index contributed by atoms with van der Waals surface area (Å²) in [6.45, 7) is -3.55. The number of alkyl halides is 5. The van der Waals surface area contributed by atoms with Crippen LogP contribution in [0.1, 0.15) is 16.2 Å². The zero-order valence-corrected chi connectivity index (χ0v) is 14.3. The second-order valence-electron chi connectivity index (χ2n) is 5.88. The standard InChI is InChI=1S/C16H12F6N4O3/c17-10-6-9(29-15(18)19)1-2-11(10)25(14(28)16(20,21)22)7-8-5-12-13(27)23-3-4-26(12)24-8/h1-2,5-6,15H,3-4,7H2,(H,23,27). The number of nitrogens with zero attached hydrogens (tertiary/aromatic N) is 3. The minimum atomic E-state index is -5.35. The maximum atomic E-state index is 14.3. The summed E-state index contributed by atoms with van der Waals surface area (Å²) in [5, 5.41) is 6.48. The Morgan fingerprint density at radius 2 is 2.03 bits per heavy atom. The normalized spacial score (nSPS) is 13.8. The number of amides is 2. The van der Waals surface area contributed by atoms with Crippen LogP contribution in [0, 0.1) is 5.82 Å². The molecule has 1 aromatic carbocycles. The summed E-state index contributed by atoms with van der Waals surface area (Å²) in [7, 11) is 0. The van der Waals surface area contributed by atoms with Crippen LogP contribution in [0.15, 0.2) is 24.3 Å². The molecule has 0 bridgehead atoms. The minimum Gasteiger partial charge on any atom is -0.435 e. The third-order valence-electron chi connectivity index (χ3n) is 3.92. The van der Waals surface area contributed by atoms with E-state index in [9.17, 15) is 35.9 Å². The highest BCUT2D eigenvalue weighted by atomic mass is 19.4. The number of hydrogen-bond acceptors (Lipinski definition) is 4. The van der Waals surface area contributed by atoms with Crippen LogP contribution in [0.25, 0.3) is 0 Å². The molecular weight excluding hydrogens is 410 g/mol. The monoisotopic (exact) mass is 422 g/mol. The molecule has 0 unspecified atom stereocenters. The predicted octanol–water partition coefficient (Wildman–Crippen LogP) is 2.46. The number of fused-ring (bicyclic) bond motifs is 1. The second kappa shape index (κ2) is 7.64. The van der Waals surface area contributed by atoms with Gasteiger partial charge in [0.25, 0.3) is 5.91 Å². The van der Waals surface area contributed by atoms with Gasteiger partial charge in [-0.1, -0.05) is 0 Å². The summed E-state index contributed by atoms with van der Waals surface area (Å²) in [6, 6.07) is 3.12. The quantitative estimate of drug-likeness (QED) is 0.752. The van der Waals surface area contributed by atoms with E-state index in [1.807, 2.05) is 0 Å². The predicted molar refractivity (Wildman–Crippen MR) is 84.8 cm³/mol. The molecule has 13 heteroatoms. The first kappa shape index (κ1) is 20.5. The fourth-order valence-electron chi connectivity index (χ4n) is 2.73. The molecule has 0 saturated carbocycles. The Morgan fingerprint density at radius 1 is 1.31 bits per heavy atom. The summed E-state index contributed by atoms with van der Waals surface area (Å²) >= 11 is 0. The number of carbonyl (C=O) groups is 2. The van der Waals surface area contributed by atoms with Gasteiger partial charge < -0.3 is 10.1 Å². The average molecular weight is 422 g/mol. The highest BCUT2D eigenvalue weighted by molar-refractivity contribution is 5.97. The van der Waals surface area contributed by atoms with Gasteiger partial charge in [-0.25, -0.2) is 4.39 Å². The van der Waals surface area contributed by atoms with Gasteiger partial charge >= 0.3 is 18.7 Å². The number of ether oxygens (including phenoxy) is 1. The number of aromatic nitrogens is 2. The smallest absolute Gasteiger partial charge is 0.435 e. The van der Waals surface area contributed by atoms with Gasteiger partial charge in [-0.2, -0.15) is 27.1 Å². The lowest BCUT2D eigenvalue weighted by Gasteiger charge is -2.23. The van der Waals surface area contributed by atoms with E-state index in [0.717, 1.165) is 6.07 Å². The molecule has 1 N–H and O–H groups in total. The van der Waals surface area contributed by atoms with E-state index in [2.05, 4.69) is 15.2 Å². The van der Waals surface area contributed by atoms with E-state index in [0.29, 0.717) is 12.1 Å². The van der Waals surface area contributed by atoms with Gasteiger partial charge in [0.05, 0.1) is 24.5 Å². The Kier molecular flexibility index (Phi) is 5.40. The molecule has 0 aliphatic carbocycles. The van der Waals surface area contributed by atoms with E-state index in [-0.39, 0.29) is 29.4 Å². The van der Waals surface area contributed by atoms with E-state index < -0.39 is 48.4 Å². The number of nitrogens with one attached hydrogen (secondary N) is 1. The fourth-order valence-corrected chi connectivity index (χ4v) is 2.73. The lowest BCUT2D eigenvalue weighted by Crippen LogP contribution is -2.41. The van der Waals surface area contributed by atoms with Gasteiger partial charge in [-0.3, -0.25) is 19.2 Å². The maximum Gasteiger partial charge on any atom is 0.471 e. The first-order chi connectivity index (χ1) is 13.6. The molecule has 29 heavy (non-hydrogen) atoms. The summed E-state index contributed by atoms with van der Waals surface area (Å²) < 4.78 is 83.1. The van der Waals surface area contributed by atoms with E-state index >= 15 is 0 Å². The van der Waals surface area contributed by atoms with Crippen LogP contribution in [0.5, 0.6) is 5.75 Å². The van der Waals surface area contributed by atoms with Crippen molar-refractivity contribution < 1.29 is 40.7 Å². The van der Waals surface area contributed by atoms with E-state index in [1.54, 1.807) is 0 Å². The second-order valence-corrected chi connectivity index (χ2v) is 5.88. The first-order valence-corrected chi connectivity index (χ1v) is 8.04. The van der Waals surface area contributed by atoms with Gasteiger partial charge in [0, 0.05) is 12.6 Å². The largest absolute Gasteiger partial charge is 0.471 e. The van der Waals surface area contributed by atoms with Gasteiger partial charge in [0.2, 0.25) is 0 Å². The lowest BCUT2D eigenvalue weighted by molar-refractivity contribution is -0.170. The van der Waals surface area contributed by atoms with Crippen molar-refractivity contribution in [1.82, 2.24) is 15.1 Å². The molecule has 2 heterocycles. The van der Waals surface area contributed by atoms with E-state index in [4.69, 9.17) is 0 Å². The zero-order valence-electron chi connectivity index (χ0n) is 14.3. The SMILES string of the molecule is O=C1NCCn2nc(CN(C(=O)C(F)(F)F)c3ccc(OC(F)F)cc3F)cc21. The van der Waals surface area contributed by atoms with Gasteiger partial charge in [0.1, 0.15) is 11.4 Å². The number of benzene rings is 1. The maximum absolute atomic E-state index is 14.3. The Bertz CT molecular complexity index is 943. The molecule has 0 fully saturated rings. The number of carbonyl (C=O) groups excluding carboxylic acids is 2. The Hall–Kier alpha value is -3.25. The van der Waals surface area contributed by atoms with Crippen LogP contribution < -0.4 is 15.0 Å². The molecule has 7 nitrogen and oxygen atoms in total. The first-order valence-electron chi connectivity index (χ1n) is 8.04. The highest BCUT2D eigenvalue weighted by Crippen LogP contribution is 2.30. The number of hydrogen-bond donors (Lipinski definition) is 1. The van der Waals surface area contributed by atoms with Crippen molar-refractivity contribution in [3.63, 3.8) is 0 Å². The number of rotatable bonds is 5. The Morgan fingerprint density at radius 3 is 2.62 bits per heavy atom. The molecule has 156 valence electrons. The molecule has 0 radical (unpaired) electrons. The van der Waals surface area contributed by atoms with E-state index in [1.165, 1.54) is 10.7 Å². The highest BCUT2D eigenvalue weighted by Gasteiger charge is 2.44. The van der Waals surface area contributed by atoms with Crippen LogP contribution in [0.4, 0.5) is 32.0 Å². The zero-order chi connectivity index (χ0) is 21.3. The minimum absolute atomic E-state index is 0.0632. The van der Waals surface area contributed by atoms with Crippen molar-refractivity contribution >= 4 is 17.5 Å². The molecule has 3 rings (SSSR count). The van der Waals surface area contributed by atoms with Gasteiger partial charge in [-0.05, 0) is 18.2 Å². The topological polar surface area (TPSA) is 76.5 Å². The van der Waals surface area contributed by atoms with Crippen LogP contribution in [0.3, 0.4) is 0 Å². The summed E-state index contributed by atoms with van der Waals surface area (Å²) in [4.78, 5) is 23.7. The molecule has 2 aromatic rings. The molecular formula is C16H12F6N4O3. The van der Waals surface area contributed by atoms with Crippen molar-refractivity contribution in [3.8, 4) is 5.75 Å². The van der Waals surface area contributed by atoms with Crippen molar-refractivity contribution in [2.75, 3.05) is 11.4 Å². The molecule has 1 aliphatic rings. The molecule has 0 saturated heterocycles. The summed E-state index contributed by atoms with van der Waals surface area (Å²) in [6.07, 6.45) is -5.35. The molecule has 1 aromatic heterocycles. The lowest BCUT2D eigenvalue weighted by atomic mass is 10.2. The molecule has 1 aliphatic heterocycles. The van der Waals surface area contributed by atoms with Crippen LogP contribution in [-0.2, 0) is 17.9 Å². The number of halogens is 6. The molecule has 0 atom stereocenters. The fraction of sp³-hybridized carbons (Fsp3) is 0.312. The van der Waals surface area contributed by atoms with Crippen molar-refractivity contribution in [2.45, 2.75) is 25.9 Å². The molecule has 0 spiro atoms. The third kappa shape index (κ3) is 4.43. The van der Waals surface area contributed by atoms with Crippen molar-refractivity contribution in [3.05, 3.63) is 41.5 Å². The van der Waals surface area contributed by atoms with Crippen molar-refractivity contribution in [2.24, 2.45) is 0 Å². The Labute approximate surface area is 158 Å². The van der Waals surface area contributed by atoms with Crippen LogP contribution in [-0.4, -0.2) is 40.9 Å². The van der Waals surface area contributed by atoms with Gasteiger partial charge in [0.15, 0.2) is 5.82 Å². The average Bonchev–Trinajstić information content (AvgIpc) is 3.02. The summed E-state index contributed by atoms with van der Waals surface area (Å²) in [5.74, 6) is -4.91. The molecule has 2 amide bonds. The third-order valence-corrected chi connectivity index (χ3v) is 3.92. The summed E-state index contributed by atoms with van der Waals surface area (Å²) in [5.41, 5.74) is -0.835.